The number of imide groups is 1. The molecule has 7 nitrogen and oxygen atoms in total. The second-order valence-corrected chi connectivity index (χ2v) is 8.42. The lowest BCUT2D eigenvalue weighted by Gasteiger charge is -2.38. The van der Waals surface area contributed by atoms with E-state index in [0.29, 0.717) is 11.4 Å². The molecule has 174 valence electrons. The number of piperazine rings is 1. The van der Waals surface area contributed by atoms with Gasteiger partial charge in [-0.05, 0) is 60.7 Å². The summed E-state index contributed by atoms with van der Waals surface area (Å²) in [5.74, 6) is 1.90. The second-order valence-electron chi connectivity index (χ2n) is 8.42. The SMILES string of the molecule is COc1ccc(N2CCN([C@@H]3CC(=O)N(c4ccc(Oc5ccccc5)cc4)C3=O)CC2)cc1. The molecule has 0 unspecified atom stereocenters. The Kier molecular flexibility index (Phi) is 6.18. The highest BCUT2D eigenvalue weighted by Crippen LogP contribution is 2.30. The minimum Gasteiger partial charge on any atom is -0.497 e. The van der Waals surface area contributed by atoms with E-state index in [4.69, 9.17) is 9.47 Å². The van der Waals surface area contributed by atoms with E-state index in [9.17, 15) is 9.59 Å². The average Bonchev–Trinajstić information content (AvgIpc) is 3.19. The van der Waals surface area contributed by atoms with Gasteiger partial charge in [-0.15, -0.1) is 0 Å². The Bertz CT molecular complexity index is 1140. The molecule has 2 fully saturated rings. The van der Waals surface area contributed by atoms with E-state index in [1.807, 2.05) is 54.6 Å². The van der Waals surface area contributed by atoms with Crippen molar-refractivity contribution in [3.63, 3.8) is 0 Å². The van der Waals surface area contributed by atoms with Crippen molar-refractivity contribution in [2.24, 2.45) is 0 Å². The number of benzene rings is 3. The molecule has 5 rings (SSSR count). The molecule has 2 aliphatic heterocycles. The second kappa shape index (κ2) is 9.57. The number of hydrogen-bond acceptors (Lipinski definition) is 6. The van der Waals surface area contributed by atoms with Crippen molar-refractivity contribution >= 4 is 23.2 Å². The molecule has 0 N–H and O–H groups in total. The molecule has 3 aromatic carbocycles. The number of rotatable bonds is 6. The van der Waals surface area contributed by atoms with Crippen LogP contribution in [0.15, 0.2) is 78.9 Å². The zero-order valence-electron chi connectivity index (χ0n) is 19.1. The quantitative estimate of drug-likeness (QED) is 0.523. The number of hydrogen-bond donors (Lipinski definition) is 0. The van der Waals surface area contributed by atoms with Gasteiger partial charge >= 0.3 is 0 Å². The first-order chi connectivity index (χ1) is 16.6. The summed E-state index contributed by atoms with van der Waals surface area (Å²) < 4.78 is 11.1. The summed E-state index contributed by atoms with van der Waals surface area (Å²) in [5, 5.41) is 0. The lowest BCUT2D eigenvalue weighted by molar-refractivity contribution is -0.123. The molecule has 1 atom stereocenters. The molecule has 0 aliphatic carbocycles. The van der Waals surface area contributed by atoms with E-state index in [-0.39, 0.29) is 18.2 Å². The Morgan fingerprint density at radius 2 is 1.29 bits per heavy atom. The van der Waals surface area contributed by atoms with Crippen molar-refractivity contribution in [2.45, 2.75) is 12.5 Å². The van der Waals surface area contributed by atoms with Gasteiger partial charge in [0, 0.05) is 31.9 Å². The number of ether oxygens (including phenoxy) is 2. The van der Waals surface area contributed by atoms with Crippen LogP contribution < -0.4 is 19.3 Å². The fourth-order valence-corrected chi connectivity index (χ4v) is 4.55. The van der Waals surface area contributed by atoms with Crippen molar-refractivity contribution in [3.8, 4) is 17.2 Å². The van der Waals surface area contributed by atoms with E-state index in [1.165, 1.54) is 4.90 Å². The van der Waals surface area contributed by atoms with Crippen LogP contribution in [0.25, 0.3) is 0 Å². The van der Waals surface area contributed by atoms with Gasteiger partial charge in [0.05, 0.1) is 25.3 Å². The maximum absolute atomic E-state index is 13.2. The van der Waals surface area contributed by atoms with Crippen LogP contribution in [0.3, 0.4) is 0 Å². The minimum atomic E-state index is -0.411. The van der Waals surface area contributed by atoms with E-state index in [1.54, 1.807) is 31.4 Å². The highest BCUT2D eigenvalue weighted by Gasteiger charge is 2.43. The summed E-state index contributed by atoms with van der Waals surface area (Å²) in [4.78, 5) is 31.7. The first-order valence-electron chi connectivity index (χ1n) is 11.5. The first-order valence-corrected chi connectivity index (χ1v) is 11.5. The lowest BCUT2D eigenvalue weighted by atomic mass is 10.1. The molecule has 0 bridgehead atoms. The number of methoxy groups -OCH3 is 1. The first kappa shape index (κ1) is 22.0. The van der Waals surface area contributed by atoms with Crippen LogP contribution in [-0.4, -0.2) is 56.0 Å². The van der Waals surface area contributed by atoms with Gasteiger partial charge in [0.1, 0.15) is 17.2 Å². The maximum Gasteiger partial charge on any atom is 0.251 e. The number of carbonyl (C=O) groups excluding carboxylic acids is 2. The van der Waals surface area contributed by atoms with Gasteiger partial charge in [-0.1, -0.05) is 18.2 Å². The number of anilines is 2. The predicted molar refractivity (Wildman–Crippen MR) is 131 cm³/mol. The van der Waals surface area contributed by atoms with Crippen LogP contribution in [0, 0.1) is 0 Å². The third-order valence-electron chi connectivity index (χ3n) is 6.39. The van der Waals surface area contributed by atoms with Crippen molar-refractivity contribution < 1.29 is 19.1 Å². The van der Waals surface area contributed by atoms with E-state index >= 15 is 0 Å². The van der Waals surface area contributed by atoms with Crippen molar-refractivity contribution in [1.82, 2.24) is 4.90 Å². The fourth-order valence-electron chi connectivity index (χ4n) is 4.55. The number of para-hydroxylation sites is 1. The zero-order chi connectivity index (χ0) is 23.5. The van der Waals surface area contributed by atoms with Gasteiger partial charge in [-0.25, -0.2) is 4.90 Å². The predicted octanol–water partition coefficient (Wildman–Crippen LogP) is 3.94. The fraction of sp³-hybridized carbons (Fsp3) is 0.259. The molecule has 3 aromatic rings. The van der Waals surface area contributed by atoms with Gasteiger partial charge in [-0.3, -0.25) is 14.5 Å². The summed E-state index contributed by atoms with van der Waals surface area (Å²) in [6.45, 7) is 3.06. The van der Waals surface area contributed by atoms with Gasteiger partial charge in [0.15, 0.2) is 0 Å². The standard InChI is InChI=1S/C27H27N3O4/c1-33-22-11-7-20(8-12-22)28-15-17-29(18-16-28)25-19-26(31)30(27(25)32)21-9-13-24(14-10-21)34-23-5-3-2-4-6-23/h2-14,25H,15-19H2,1H3/t25-/m1/s1. The van der Waals surface area contributed by atoms with Crippen LogP contribution in [0.2, 0.25) is 0 Å². The third kappa shape index (κ3) is 4.47. The molecule has 7 heteroatoms. The van der Waals surface area contributed by atoms with E-state index in [2.05, 4.69) is 9.80 Å². The Morgan fingerprint density at radius 3 is 1.94 bits per heavy atom. The summed E-state index contributed by atoms with van der Waals surface area (Å²) >= 11 is 0. The third-order valence-corrected chi connectivity index (χ3v) is 6.39. The molecule has 0 saturated carbocycles. The Balaban J connectivity index is 1.21. The zero-order valence-corrected chi connectivity index (χ0v) is 19.1. The molecular formula is C27H27N3O4. The Hall–Kier alpha value is -3.84. The van der Waals surface area contributed by atoms with Gasteiger partial charge < -0.3 is 14.4 Å². The van der Waals surface area contributed by atoms with E-state index in [0.717, 1.165) is 43.4 Å². The summed E-state index contributed by atoms with van der Waals surface area (Å²) in [6, 6.07) is 24.2. The molecule has 2 heterocycles. The van der Waals surface area contributed by atoms with Crippen LogP contribution in [0.4, 0.5) is 11.4 Å². The van der Waals surface area contributed by atoms with Crippen LogP contribution >= 0.6 is 0 Å². The van der Waals surface area contributed by atoms with Crippen LogP contribution in [0.5, 0.6) is 17.2 Å². The summed E-state index contributed by atoms with van der Waals surface area (Å²) in [7, 11) is 1.66. The Labute approximate surface area is 199 Å². The molecular weight excluding hydrogens is 430 g/mol. The van der Waals surface area contributed by atoms with E-state index < -0.39 is 6.04 Å². The molecule has 2 aliphatic rings. The molecule has 2 saturated heterocycles. The number of carbonyl (C=O) groups is 2. The summed E-state index contributed by atoms with van der Waals surface area (Å²) in [6.07, 6.45) is 0.212. The smallest absolute Gasteiger partial charge is 0.251 e. The molecule has 0 spiro atoms. The van der Waals surface area contributed by atoms with Crippen LogP contribution in [0.1, 0.15) is 6.42 Å². The van der Waals surface area contributed by atoms with Gasteiger partial charge in [0.25, 0.3) is 5.91 Å². The van der Waals surface area contributed by atoms with Crippen LogP contribution in [-0.2, 0) is 9.59 Å². The lowest BCUT2D eigenvalue weighted by Crippen LogP contribution is -2.52. The van der Waals surface area contributed by atoms with Crippen molar-refractivity contribution in [2.75, 3.05) is 43.1 Å². The largest absolute Gasteiger partial charge is 0.497 e. The topological polar surface area (TPSA) is 62.3 Å². The summed E-state index contributed by atoms with van der Waals surface area (Å²) in [5.41, 5.74) is 1.71. The maximum atomic E-state index is 13.2. The monoisotopic (exact) mass is 457 g/mol. The minimum absolute atomic E-state index is 0.153. The van der Waals surface area contributed by atoms with Gasteiger partial charge in [-0.2, -0.15) is 0 Å². The average molecular weight is 458 g/mol. The van der Waals surface area contributed by atoms with Crippen molar-refractivity contribution in [1.29, 1.82) is 0 Å². The normalized spacial score (nSPS) is 18.9. The molecule has 0 aromatic heterocycles. The molecule has 2 amide bonds. The molecule has 0 radical (unpaired) electrons. The number of nitrogens with zero attached hydrogens (tertiary/aromatic N) is 3. The highest BCUT2D eigenvalue weighted by molar-refractivity contribution is 6.22. The highest BCUT2D eigenvalue weighted by atomic mass is 16.5. The molecule has 34 heavy (non-hydrogen) atoms. The van der Waals surface area contributed by atoms with Gasteiger partial charge in [0.2, 0.25) is 5.91 Å². The Morgan fingerprint density at radius 1 is 0.706 bits per heavy atom. The van der Waals surface area contributed by atoms with Crippen molar-refractivity contribution in [3.05, 3.63) is 78.9 Å². The number of amides is 2.